The second kappa shape index (κ2) is 10.5. The molecular weight excluding hydrogens is 540 g/mol. The lowest BCUT2D eigenvalue weighted by atomic mass is 10.2. The molecule has 1 heterocycles. The van der Waals surface area contributed by atoms with Gasteiger partial charge in [-0.15, -0.1) is 10.2 Å². The van der Waals surface area contributed by atoms with E-state index in [0.717, 1.165) is 13.7 Å². The average Bonchev–Trinajstić information content (AvgIpc) is 3.15. The lowest BCUT2D eigenvalue weighted by Gasteiger charge is -2.10. The second-order valence-corrected chi connectivity index (χ2v) is 8.00. The summed E-state index contributed by atoms with van der Waals surface area (Å²) in [6, 6.07) is 10.8. The zero-order valence-electron chi connectivity index (χ0n) is 15.4. The highest BCUT2D eigenvalue weighted by Crippen LogP contribution is 2.32. The standard InChI is InChI=1S/C19H15Br2ClN6O2/c1-2-7-30-18-12(8-13(20)9-15(18)21)10-23-24-17(29)11-28-26-19(25-27-28)14-5-3-4-6-16(14)22/h2-6,8-10H,1,7,11H2,(H,24,29)/b23-10-. The molecule has 3 aromatic rings. The fraction of sp³-hybridized carbons (Fsp3) is 0.105. The molecule has 0 atom stereocenters. The zero-order chi connectivity index (χ0) is 21.5. The van der Waals surface area contributed by atoms with Crippen LogP contribution in [0.1, 0.15) is 5.56 Å². The molecular formula is C19H15Br2ClN6O2. The normalized spacial score (nSPS) is 10.9. The minimum absolute atomic E-state index is 0.156. The van der Waals surface area contributed by atoms with E-state index >= 15 is 0 Å². The molecule has 1 aromatic heterocycles. The Morgan fingerprint density at radius 2 is 2.13 bits per heavy atom. The smallest absolute Gasteiger partial charge is 0.263 e. The van der Waals surface area contributed by atoms with Crippen LogP contribution in [0.4, 0.5) is 0 Å². The van der Waals surface area contributed by atoms with Crippen molar-refractivity contribution in [1.29, 1.82) is 0 Å². The number of amides is 1. The molecule has 0 saturated carbocycles. The SMILES string of the molecule is C=CCOc1c(Br)cc(Br)cc1/C=N\NC(=O)Cn1nnc(-c2ccccc2Cl)n1. The monoisotopic (exact) mass is 552 g/mol. The number of aromatic nitrogens is 4. The zero-order valence-corrected chi connectivity index (χ0v) is 19.4. The second-order valence-electron chi connectivity index (χ2n) is 5.82. The molecule has 0 spiro atoms. The molecule has 30 heavy (non-hydrogen) atoms. The summed E-state index contributed by atoms with van der Waals surface area (Å²) in [7, 11) is 0. The Morgan fingerprint density at radius 3 is 2.90 bits per heavy atom. The summed E-state index contributed by atoms with van der Waals surface area (Å²) in [6.07, 6.45) is 3.12. The third-order valence-electron chi connectivity index (χ3n) is 3.63. The summed E-state index contributed by atoms with van der Waals surface area (Å²) >= 11 is 13.0. The topological polar surface area (TPSA) is 94.3 Å². The van der Waals surface area contributed by atoms with E-state index in [9.17, 15) is 4.79 Å². The average molecular weight is 555 g/mol. The number of nitrogens with zero attached hydrogens (tertiary/aromatic N) is 5. The van der Waals surface area contributed by atoms with Gasteiger partial charge in [0.05, 0.1) is 15.7 Å². The van der Waals surface area contributed by atoms with Crippen LogP contribution in [0.5, 0.6) is 5.75 Å². The van der Waals surface area contributed by atoms with Crippen molar-refractivity contribution in [1.82, 2.24) is 25.6 Å². The molecule has 0 aliphatic rings. The molecule has 3 rings (SSSR count). The van der Waals surface area contributed by atoms with Crippen LogP contribution in [-0.2, 0) is 11.3 Å². The number of tetrazole rings is 1. The summed E-state index contributed by atoms with van der Waals surface area (Å²) in [5.74, 6) is 0.496. The van der Waals surface area contributed by atoms with Crippen molar-refractivity contribution < 1.29 is 9.53 Å². The minimum atomic E-state index is -0.419. The van der Waals surface area contributed by atoms with Gasteiger partial charge < -0.3 is 4.74 Å². The minimum Gasteiger partial charge on any atom is -0.488 e. The predicted molar refractivity (Wildman–Crippen MR) is 122 cm³/mol. The van der Waals surface area contributed by atoms with Crippen molar-refractivity contribution in [2.75, 3.05) is 6.61 Å². The maximum Gasteiger partial charge on any atom is 0.263 e. The van der Waals surface area contributed by atoms with Gasteiger partial charge in [0.2, 0.25) is 5.82 Å². The molecule has 0 saturated heterocycles. The van der Waals surface area contributed by atoms with E-state index in [1.807, 2.05) is 18.2 Å². The number of halogens is 3. The fourth-order valence-electron chi connectivity index (χ4n) is 2.37. The summed E-state index contributed by atoms with van der Waals surface area (Å²) < 4.78 is 7.21. The number of hydrogen-bond acceptors (Lipinski definition) is 6. The van der Waals surface area contributed by atoms with E-state index in [0.29, 0.717) is 34.3 Å². The van der Waals surface area contributed by atoms with Gasteiger partial charge in [0.1, 0.15) is 18.9 Å². The first-order valence-electron chi connectivity index (χ1n) is 8.55. The Kier molecular flexibility index (Phi) is 7.72. The summed E-state index contributed by atoms with van der Waals surface area (Å²) in [6.45, 7) is 3.81. The Balaban J connectivity index is 1.65. The van der Waals surface area contributed by atoms with Gasteiger partial charge in [-0.2, -0.15) is 9.90 Å². The van der Waals surface area contributed by atoms with Gasteiger partial charge in [0.15, 0.2) is 0 Å². The molecule has 0 radical (unpaired) electrons. The summed E-state index contributed by atoms with van der Waals surface area (Å²) in [4.78, 5) is 13.3. The third-order valence-corrected chi connectivity index (χ3v) is 5.00. The van der Waals surface area contributed by atoms with Crippen LogP contribution in [0, 0.1) is 0 Å². The van der Waals surface area contributed by atoms with Crippen LogP contribution in [-0.4, -0.2) is 38.9 Å². The van der Waals surface area contributed by atoms with Crippen LogP contribution in [0.3, 0.4) is 0 Å². The van der Waals surface area contributed by atoms with Crippen molar-refractivity contribution in [3.8, 4) is 17.1 Å². The molecule has 0 aliphatic heterocycles. The van der Waals surface area contributed by atoms with E-state index < -0.39 is 5.91 Å². The number of carbonyl (C=O) groups is 1. The van der Waals surface area contributed by atoms with Crippen molar-refractivity contribution in [3.63, 3.8) is 0 Å². The lowest BCUT2D eigenvalue weighted by molar-refractivity contribution is -0.122. The number of nitrogens with one attached hydrogen (secondary N) is 1. The molecule has 11 heteroatoms. The number of carbonyl (C=O) groups excluding carboxylic acids is 1. The number of benzene rings is 2. The van der Waals surface area contributed by atoms with E-state index in [-0.39, 0.29) is 6.54 Å². The predicted octanol–water partition coefficient (Wildman–Crippen LogP) is 4.23. The van der Waals surface area contributed by atoms with Crippen LogP contribution in [0.2, 0.25) is 5.02 Å². The first-order chi connectivity index (χ1) is 14.5. The van der Waals surface area contributed by atoms with Gasteiger partial charge in [-0.05, 0) is 45.4 Å². The first kappa shape index (κ1) is 22.1. The number of ether oxygens (including phenoxy) is 1. The highest BCUT2D eigenvalue weighted by molar-refractivity contribution is 9.11. The summed E-state index contributed by atoms with van der Waals surface area (Å²) in [5, 5.41) is 16.5. The molecule has 1 N–H and O–H groups in total. The summed E-state index contributed by atoms with van der Waals surface area (Å²) in [5.41, 5.74) is 3.73. The first-order valence-corrected chi connectivity index (χ1v) is 10.5. The van der Waals surface area contributed by atoms with E-state index in [4.69, 9.17) is 16.3 Å². The molecule has 8 nitrogen and oxygen atoms in total. The Morgan fingerprint density at radius 1 is 1.33 bits per heavy atom. The molecule has 0 bridgehead atoms. The lowest BCUT2D eigenvalue weighted by Crippen LogP contribution is -2.24. The number of hydrogen-bond donors (Lipinski definition) is 1. The van der Waals surface area contributed by atoms with Gasteiger partial charge in [-0.1, -0.05) is 52.3 Å². The van der Waals surface area contributed by atoms with Crippen molar-refractivity contribution in [3.05, 3.63) is 68.6 Å². The molecule has 0 fully saturated rings. The molecule has 0 unspecified atom stereocenters. The molecule has 2 aromatic carbocycles. The Hall–Kier alpha value is -2.56. The highest BCUT2D eigenvalue weighted by Gasteiger charge is 2.12. The van der Waals surface area contributed by atoms with Gasteiger partial charge in [0, 0.05) is 15.6 Å². The van der Waals surface area contributed by atoms with E-state index in [2.05, 4.69) is 64.4 Å². The van der Waals surface area contributed by atoms with Gasteiger partial charge in [-0.3, -0.25) is 4.79 Å². The quantitative estimate of drug-likeness (QED) is 0.256. The number of hydrazone groups is 1. The Labute approximate surface area is 194 Å². The molecule has 0 aliphatic carbocycles. The van der Waals surface area contributed by atoms with Crippen molar-refractivity contribution in [2.24, 2.45) is 5.10 Å². The maximum absolute atomic E-state index is 12.2. The van der Waals surface area contributed by atoms with Crippen LogP contribution in [0.15, 0.2) is 63.1 Å². The fourth-order valence-corrected chi connectivity index (χ4v) is 3.96. The molecule has 154 valence electrons. The van der Waals surface area contributed by atoms with Gasteiger partial charge >= 0.3 is 0 Å². The van der Waals surface area contributed by atoms with E-state index in [1.165, 1.54) is 6.21 Å². The van der Waals surface area contributed by atoms with Crippen LogP contribution in [0.25, 0.3) is 11.4 Å². The van der Waals surface area contributed by atoms with Crippen LogP contribution < -0.4 is 10.2 Å². The largest absolute Gasteiger partial charge is 0.488 e. The van der Waals surface area contributed by atoms with E-state index in [1.54, 1.807) is 24.3 Å². The van der Waals surface area contributed by atoms with Crippen molar-refractivity contribution in [2.45, 2.75) is 6.54 Å². The van der Waals surface area contributed by atoms with Gasteiger partial charge in [-0.25, -0.2) is 5.43 Å². The van der Waals surface area contributed by atoms with Crippen LogP contribution >= 0.6 is 43.5 Å². The third kappa shape index (κ3) is 5.74. The number of rotatable bonds is 8. The maximum atomic E-state index is 12.2. The van der Waals surface area contributed by atoms with Gasteiger partial charge in [0.25, 0.3) is 5.91 Å². The highest BCUT2D eigenvalue weighted by atomic mass is 79.9. The Bertz CT molecular complexity index is 1100. The van der Waals surface area contributed by atoms with Crippen molar-refractivity contribution >= 4 is 55.6 Å². The molecule has 1 amide bonds.